The summed E-state index contributed by atoms with van der Waals surface area (Å²) < 4.78 is 10.0. The smallest absolute Gasteiger partial charge is 0.341 e. The number of carbonyl (C=O) groups is 3. The lowest BCUT2D eigenvalue weighted by molar-refractivity contribution is -0.154. The molecule has 1 atom stereocenters. The molecular formula is C18H29NO6S. The summed E-state index contributed by atoms with van der Waals surface area (Å²) in [5, 5.41) is 11.0. The summed E-state index contributed by atoms with van der Waals surface area (Å²) in [5.41, 5.74) is 0.197. The van der Waals surface area contributed by atoms with Crippen molar-refractivity contribution >= 4 is 34.2 Å². The van der Waals surface area contributed by atoms with Gasteiger partial charge < -0.3 is 19.5 Å². The van der Waals surface area contributed by atoms with Crippen LogP contribution in [0.4, 0.5) is 5.00 Å². The number of aliphatic carboxylic acids is 1. The van der Waals surface area contributed by atoms with Gasteiger partial charge in [0.25, 0.3) is 0 Å². The largest absolute Gasteiger partial charge is 0.481 e. The normalized spacial score (nSPS) is 11.7. The van der Waals surface area contributed by atoms with Gasteiger partial charge in [0.1, 0.15) is 17.0 Å². The van der Waals surface area contributed by atoms with Crippen LogP contribution in [-0.4, -0.2) is 48.8 Å². The second-order valence-electron chi connectivity index (χ2n) is 6.81. The van der Waals surface area contributed by atoms with Gasteiger partial charge in [0, 0.05) is 14.1 Å². The number of carbonyl (C=O) groups excluding carboxylic acids is 2. The van der Waals surface area contributed by atoms with Crippen molar-refractivity contribution in [3.05, 3.63) is 17.0 Å². The van der Waals surface area contributed by atoms with Gasteiger partial charge in [-0.15, -0.1) is 11.3 Å². The Kier molecular flexibility index (Phi) is 9.93. The van der Waals surface area contributed by atoms with Gasteiger partial charge >= 0.3 is 17.9 Å². The van der Waals surface area contributed by atoms with Crippen molar-refractivity contribution in [2.45, 2.75) is 59.2 Å². The third-order valence-corrected chi connectivity index (χ3v) is 3.95. The van der Waals surface area contributed by atoms with Gasteiger partial charge in [-0.05, 0) is 45.6 Å². The second-order valence-corrected chi connectivity index (χ2v) is 7.71. The summed E-state index contributed by atoms with van der Waals surface area (Å²) in [5.74, 6) is -2.09. The maximum Gasteiger partial charge on any atom is 0.341 e. The Morgan fingerprint density at radius 1 is 1.27 bits per heavy atom. The molecule has 8 heteroatoms. The van der Waals surface area contributed by atoms with Gasteiger partial charge in [-0.1, -0.05) is 6.92 Å². The van der Waals surface area contributed by atoms with E-state index in [1.807, 2.05) is 52.1 Å². The van der Waals surface area contributed by atoms with E-state index in [4.69, 9.17) is 14.6 Å². The molecular weight excluding hydrogens is 358 g/mol. The van der Waals surface area contributed by atoms with Gasteiger partial charge in [0.05, 0.1) is 11.7 Å². The van der Waals surface area contributed by atoms with Crippen molar-refractivity contribution < 1.29 is 29.0 Å². The number of rotatable bonds is 6. The van der Waals surface area contributed by atoms with Gasteiger partial charge in [0.15, 0.2) is 0 Å². The molecule has 0 aliphatic heterocycles. The highest BCUT2D eigenvalue weighted by Gasteiger charge is 2.21. The van der Waals surface area contributed by atoms with Gasteiger partial charge in [-0.2, -0.15) is 0 Å². The molecule has 1 heterocycles. The lowest BCUT2D eigenvalue weighted by atomic mass is 10.2. The fraction of sp³-hybridized carbons (Fsp3) is 0.611. The molecule has 26 heavy (non-hydrogen) atoms. The van der Waals surface area contributed by atoms with Crippen LogP contribution in [0.3, 0.4) is 0 Å². The van der Waals surface area contributed by atoms with E-state index in [1.165, 1.54) is 11.3 Å². The van der Waals surface area contributed by atoms with E-state index in [-0.39, 0.29) is 12.1 Å². The first-order chi connectivity index (χ1) is 11.9. The Hall–Kier alpha value is -2.09. The molecule has 0 radical (unpaired) electrons. The molecule has 1 unspecified atom stereocenters. The number of carboxylic acid groups (broad SMARTS) is 1. The summed E-state index contributed by atoms with van der Waals surface area (Å²) in [7, 11) is 3.83. The lowest BCUT2D eigenvalue weighted by Gasteiger charge is -2.20. The van der Waals surface area contributed by atoms with E-state index in [2.05, 4.69) is 0 Å². The fourth-order valence-corrected chi connectivity index (χ4v) is 2.43. The molecule has 1 aromatic heterocycles. The lowest BCUT2D eigenvalue weighted by Crippen LogP contribution is -2.24. The quantitative estimate of drug-likeness (QED) is 0.589. The Bertz CT molecular complexity index is 603. The monoisotopic (exact) mass is 387 g/mol. The average Bonchev–Trinajstić information content (AvgIpc) is 2.94. The Morgan fingerprint density at radius 2 is 1.85 bits per heavy atom. The molecule has 0 saturated carbocycles. The van der Waals surface area contributed by atoms with Crippen LogP contribution < -0.4 is 4.90 Å². The third kappa shape index (κ3) is 10.0. The van der Waals surface area contributed by atoms with Crippen LogP contribution in [0.1, 0.15) is 57.8 Å². The molecule has 0 aliphatic rings. The van der Waals surface area contributed by atoms with E-state index in [9.17, 15) is 14.4 Å². The van der Waals surface area contributed by atoms with E-state index in [0.717, 1.165) is 5.00 Å². The van der Waals surface area contributed by atoms with Crippen LogP contribution in [0.5, 0.6) is 0 Å². The zero-order chi connectivity index (χ0) is 20.5. The van der Waals surface area contributed by atoms with E-state index in [1.54, 1.807) is 13.0 Å². The van der Waals surface area contributed by atoms with E-state index in [0.29, 0.717) is 12.0 Å². The second kappa shape index (κ2) is 10.8. The SMILES string of the molecule is CCC(C)OC(=O)CC(=O)O.CN(C)c1sccc1C(=O)OC(C)(C)C. The molecule has 0 amide bonds. The molecule has 1 N–H and O–H groups in total. The fourth-order valence-electron chi connectivity index (χ4n) is 1.61. The molecule has 0 aliphatic carbocycles. The van der Waals surface area contributed by atoms with Gasteiger partial charge in [-0.25, -0.2) is 4.79 Å². The number of hydrogen-bond donors (Lipinski definition) is 1. The van der Waals surface area contributed by atoms with Crippen molar-refractivity contribution in [1.82, 2.24) is 0 Å². The Morgan fingerprint density at radius 3 is 2.27 bits per heavy atom. The van der Waals surface area contributed by atoms with E-state index >= 15 is 0 Å². The molecule has 0 spiro atoms. The Balaban J connectivity index is 0.000000508. The van der Waals surface area contributed by atoms with Crippen molar-refractivity contribution in [2.24, 2.45) is 0 Å². The molecule has 7 nitrogen and oxygen atoms in total. The molecule has 1 aromatic rings. The third-order valence-electron chi connectivity index (χ3n) is 2.87. The molecule has 0 bridgehead atoms. The summed E-state index contributed by atoms with van der Waals surface area (Å²) in [6.07, 6.45) is -0.0442. The Labute approximate surface area is 158 Å². The topological polar surface area (TPSA) is 93.1 Å². The standard InChI is InChI=1S/C11H17NO2S.C7H12O4/c1-11(2,3)14-10(13)8-6-7-15-9(8)12(4)5;1-3-5(2)11-7(10)4-6(8)9/h6-7H,1-5H3;5H,3-4H2,1-2H3,(H,8,9). The first-order valence-corrected chi connectivity index (χ1v) is 9.14. The van der Waals surface area contributed by atoms with Crippen molar-refractivity contribution in [2.75, 3.05) is 19.0 Å². The predicted octanol–water partition coefficient (Wildman–Crippen LogP) is 3.57. The molecule has 1 rings (SSSR count). The predicted molar refractivity (Wildman–Crippen MR) is 102 cm³/mol. The van der Waals surface area contributed by atoms with Crippen molar-refractivity contribution in [3.8, 4) is 0 Å². The highest BCUT2D eigenvalue weighted by Crippen LogP contribution is 2.27. The number of ether oxygens (including phenoxy) is 2. The van der Waals surface area contributed by atoms with Crippen LogP contribution in [0, 0.1) is 0 Å². The van der Waals surface area contributed by atoms with Gasteiger partial charge in [-0.3, -0.25) is 9.59 Å². The molecule has 0 aromatic carbocycles. The molecule has 0 fully saturated rings. The number of carboxylic acids is 1. The minimum atomic E-state index is -1.15. The number of nitrogens with zero attached hydrogens (tertiary/aromatic N) is 1. The van der Waals surface area contributed by atoms with Crippen molar-refractivity contribution in [3.63, 3.8) is 0 Å². The highest BCUT2D eigenvalue weighted by atomic mass is 32.1. The first kappa shape index (κ1) is 23.9. The minimum Gasteiger partial charge on any atom is -0.481 e. The zero-order valence-electron chi connectivity index (χ0n) is 16.5. The van der Waals surface area contributed by atoms with Crippen LogP contribution in [0.2, 0.25) is 0 Å². The van der Waals surface area contributed by atoms with Crippen LogP contribution in [0.25, 0.3) is 0 Å². The van der Waals surface area contributed by atoms with Crippen LogP contribution >= 0.6 is 11.3 Å². The molecule has 148 valence electrons. The summed E-state index contributed by atoms with van der Waals surface area (Å²) in [4.78, 5) is 34.3. The maximum absolute atomic E-state index is 11.8. The summed E-state index contributed by atoms with van der Waals surface area (Å²) >= 11 is 1.54. The van der Waals surface area contributed by atoms with Crippen LogP contribution in [-0.2, 0) is 19.1 Å². The van der Waals surface area contributed by atoms with Crippen LogP contribution in [0.15, 0.2) is 11.4 Å². The van der Waals surface area contributed by atoms with Crippen molar-refractivity contribution in [1.29, 1.82) is 0 Å². The maximum atomic E-state index is 11.8. The summed E-state index contributed by atoms with van der Waals surface area (Å²) in [6.45, 7) is 9.18. The highest BCUT2D eigenvalue weighted by molar-refractivity contribution is 7.14. The molecule has 0 saturated heterocycles. The number of esters is 2. The van der Waals surface area contributed by atoms with Gasteiger partial charge in [0.2, 0.25) is 0 Å². The number of anilines is 1. The average molecular weight is 387 g/mol. The number of hydrogen-bond acceptors (Lipinski definition) is 7. The number of thiophene rings is 1. The minimum absolute atomic E-state index is 0.193. The first-order valence-electron chi connectivity index (χ1n) is 8.26. The van der Waals surface area contributed by atoms with E-state index < -0.39 is 24.0 Å². The summed E-state index contributed by atoms with van der Waals surface area (Å²) in [6, 6.07) is 1.80. The zero-order valence-corrected chi connectivity index (χ0v) is 17.3.